The molecular formula is C9H13NO. The Balaban J connectivity index is 2.16. The molecule has 1 heterocycles. The molecule has 2 aliphatic rings. The molecule has 1 fully saturated rings. The number of allylic oxidation sites excluding steroid dienone is 1. The topological polar surface area (TPSA) is 26.1 Å². The van der Waals surface area contributed by atoms with Gasteiger partial charge in [0.2, 0.25) is 0 Å². The quantitative estimate of drug-likeness (QED) is 0.382. The number of fused-ring (bicyclic) bond motifs is 1. The molecule has 0 amide bonds. The van der Waals surface area contributed by atoms with E-state index in [1.165, 1.54) is 19.3 Å². The van der Waals surface area contributed by atoms with Crippen molar-refractivity contribution in [3.05, 3.63) is 17.4 Å². The lowest BCUT2D eigenvalue weighted by Gasteiger charge is -2.29. The Morgan fingerprint density at radius 2 is 2.09 bits per heavy atom. The van der Waals surface area contributed by atoms with Crippen LogP contribution < -0.4 is 0 Å². The van der Waals surface area contributed by atoms with Gasteiger partial charge in [0.1, 0.15) is 0 Å². The summed E-state index contributed by atoms with van der Waals surface area (Å²) in [5, 5.41) is 11.2. The van der Waals surface area contributed by atoms with E-state index in [9.17, 15) is 5.21 Å². The predicted octanol–water partition coefficient (Wildman–Crippen LogP) is 1.70. The zero-order valence-corrected chi connectivity index (χ0v) is 6.57. The number of nitrogens with zero attached hydrogens (tertiary/aromatic N) is 1. The van der Waals surface area contributed by atoms with E-state index in [-0.39, 0.29) is 6.04 Å². The van der Waals surface area contributed by atoms with Crippen molar-refractivity contribution in [1.29, 1.82) is 0 Å². The van der Waals surface area contributed by atoms with Gasteiger partial charge in [-0.15, -0.1) is 0 Å². The monoisotopic (exact) mass is 151 g/mol. The first-order chi connectivity index (χ1) is 5.38. The fraction of sp³-hybridized carbons (Fsp3) is 0.667. The number of hydrogen-bond donors (Lipinski definition) is 0. The molecule has 11 heavy (non-hydrogen) atoms. The maximum Gasteiger partial charge on any atom is 0.174 e. The van der Waals surface area contributed by atoms with E-state index < -0.39 is 0 Å². The zero-order valence-electron chi connectivity index (χ0n) is 6.57. The van der Waals surface area contributed by atoms with Crippen LogP contribution in [-0.2, 0) is 0 Å². The summed E-state index contributed by atoms with van der Waals surface area (Å²) in [4.78, 5) is 0. The largest absolute Gasteiger partial charge is 0.624 e. The summed E-state index contributed by atoms with van der Waals surface area (Å²) in [5.74, 6) is 0.534. The van der Waals surface area contributed by atoms with Crippen LogP contribution >= 0.6 is 0 Å². The SMILES string of the molecule is [O-][N+]1=CC=C[C@H]2CCCCC21. The van der Waals surface area contributed by atoms with Crippen molar-refractivity contribution < 1.29 is 4.74 Å². The molecule has 0 radical (unpaired) electrons. The highest BCUT2D eigenvalue weighted by molar-refractivity contribution is 5.67. The van der Waals surface area contributed by atoms with Crippen molar-refractivity contribution in [2.45, 2.75) is 31.7 Å². The number of rotatable bonds is 0. The van der Waals surface area contributed by atoms with Crippen molar-refractivity contribution >= 4 is 6.21 Å². The van der Waals surface area contributed by atoms with Gasteiger partial charge in [0.05, 0.1) is 0 Å². The lowest BCUT2D eigenvalue weighted by Crippen LogP contribution is -2.34. The summed E-state index contributed by atoms with van der Waals surface area (Å²) < 4.78 is 1.13. The smallest absolute Gasteiger partial charge is 0.174 e. The first-order valence-electron chi connectivity index (χ1n) is 4.35. The predicted molar refractivity (Wildman–Crippen MR) is 44.6 cm³/mol. The maximum absolute atomic E-state index is 11.2. The highest BCUT2D eigenvalue weighted by atomic mass is 16.5. The van der Waals surface area contributed by atoms with Gasteiger partial charge >= 0.3 is 0 Å². The Labute approximate surface area is 66.8 Å². The molecule has 2 nitrogen and oxygen atoms in total. The van der Waals surface area contributed by atoms with E-state index in [0.717, 1.165) is 11.2 Å². The Hall–Kier alpha value is -0.790. The Bertz CT molecular complexity index is 208. The van der Waals surface area contributed by atoms with Gasteiger partial charge in [-0.25, -0.2) is 4.74 Å². The number of hydroxylamine groups is 1. The van der Waals surface area contributed by atoms with Gasteiger partial charge < -0.3 is 5.21 Å². The fourth-order valence-electron chi connectivity index (χ4n) is 2.07. The zero-order chi connectivity index (χ0) is 7.68. The van der Waals surface area contributed by atoms with Crippen LogP contribution in [0.1, 0.15) is 25.7 Å². The molecule has 0 bridgehead atoms. The van der Waals surface area contributed by atoms with Crippen molar-refractivity contribution in [3.63, 3.8) is 0 Å². The third-order valence-corrected chi connectivity index (χ3v) is 2.70. The molecule has 0 aromatic heterocycles. The second-order valence-corrected chi connectivity index (χ2v) is 3.41. The molecule has 2 heteroatoms. The molecule has 2 atom stereocenters. The lowest BCUT2D eigenvalue weighted by atomic mass is 9.83. The van der Waals surface area contributed by atoms with Gasteiger partial charge in [-0.05, 0) is 18.9 Å². The van der Waals surface area contributed by atoms with Gasteiger partial charge in [-0.2, -0.15) is 0 Å². The summed E-state index contributed by atoms with van der Waals surface area (Å²) in [6.45, 7) is 0. The lowest BCUT2D eigenvalue weighted by molar-refractivity contribution is -0.509. The molecule has 60 valence electrons. The van der Waals surface area contributed by atoms with Crippen LogP contribution in [0.3, 0.4) is 0 Å². The van der Waals surface area contributed by atoms with E-state index >= 15 is 0 Å². The Kier molecular flexibility index (Phi) is 1.68. The number of hydrogen-bond acceptors (Lipinski definition) is 1. The van der Waals surface area contributed by atoms with Crippen LogP contribution in [0.25, 0.3) is 0 Å². The van der Waals surface area contributed by atoms with Gasteiger partial charge in [-0.1, -0.05) is 12.5 Å². The van der Waals surface area contributed by atoms with Gasteiger partial charge in [-0.3, -0.25) is 0 Å². The minimum absolute atomic E-state index is 0.258. The molecule has 1 aliphatic heterocycles. The first kappa shape index (κ1) is 6.89. The average Bonchev–Trinajstić information content (AvgIpc) is 2.06. The first-order valence-corrected chi connectivity index (χ1v) is 4.35. The van der Waals surface area contributed by atoms with Crippen LogP contribution in [0, 0.1) is 11.1 Å². The normalized spacial score (nSPS) is 36.2. The van der Waals surface area contributed by atoms with E-state index in [4.69, 9.17) is 0 Å². The van der Waals surface area contributed by atoms with Crippen LogP contribution in [0.4, 0.5) is 0 Å². The third kappa shape index (κ3) is 1.17. The Morgan fingerprint density at radius 1 is 1.27 bits per heavy atom. The molecule has 1 aliphatic carbocycles. The molecule has 0 aromatic rings. The van der Waals surface area contributed by atoms with Crippen molar-refractivity contribution in [3.8, 4) is 0 Å². The molecular weight excluding hydrogens is 138 g/mol. The van der Waals surface area contributed by atoms with Gasteiger partial charge in [0.25, 0.3) is 0 Å². The van der Waals surface area contributed by atoms with Crippen molar-refractivity contribution in [2.75, 3.05) is 0 Å². The van der Waals surface area contributed by atoms with Crippen LogP contribution in [0.2, 0.25) is 0 Å². The molecule has 2 rings (SSSR count). The van der Waals surface area contributed by atoms with Crippen molar-refractivity contribution in [1.82, 2.24) is 0 Å². The molecule has 0 saturated heterocycles. The van der Waals surface area contributed by atoms with Crippen LogP contribution in [0.5, 0.6) is 0 Å². The average molecular weight is 151 g/mol. The van der Waals surface area contributed by atoms with E-state index in [0.29, 0.717) is 5.92 Å². The minimum Gasteiger partial charge on any atom is -0.624 e. The summed E-state index contributed by atoms with van der Waals surface area (Å²) in [7, 11) is 0. The Morgan fingerprint density at radius 3 is 2.91 bits per heavy atom. The molecule has 0 aromatic carbocycles. The second kappa shape index (κ2) is 2.68. The van der Waals surface area contributed by atoms with Gasteiger partial charge in [0, 0.05) is 12.3 Å². The van der Waals surface area contributed by atoms with E-state index in [1.54, 1.807) is 6.21 Å². The van der Waals surface area contributed by atoms with Crippen LogP contribution in [0.15, 0.2) is 12.2 Å². The van der Waals surface area contributed by atoms with E-state index in [2.05, 4.69) is 6.08 Å². The summed E-state index contributed by atoms with van der Waals surface area (Å²) >= 11 is 0. The fourth-order valence-corrected chi connectivity index (χ4v) is 2.07. The highest BCUT2D eigenvalue weighted by Crippen LogP contribution is 2.28. The van der Waals surface area contributed by atoms with E-state index in [1.807, 2.05) is 6.08 Å². The highest BCUT2D eigenvalue weighted by Gasteiger charge is 2.30. The molecule has 0 N–H and O–H groups in total. The standard InChI is InChI=1S/C9H13NO/c11-10-7-3-5-8-4-1-2-6-9(8)10/h3,5,7-9H,1-2,4,6H2/t8-,9?/m1/s1. The van der Waals surface area contributed by atoms with Crippen LogP contribution in [-0.4, -0.2) is 17.0 Å². The van der Waals surface area contributed by atoms with Gasteiger partial charge in [0.15, 0.2) is 12.3 Å². The summed E-state index contributed by atoms with van der Waals surface area (Å²) in [6, 6.07) is 0.258. The molecule has 1 saturated carbocycles. The second-order valence-electron chi connectivity index (χ2n) is 3.41. The maximum atomic E-state index is 11.2. The minimum atomic E-state index is 0.258. The van der Waals surface area contributed by atoms with Crippen molar-refractivity contribution in [2.24, 2.45) is 5.92 Å². The third-order valence-electron chi connectivity index (χ3n) is 2.70. The molecule has 0 spiro atoms. The summed E-state index contributed by atoms with van der Waals surface area (Å²) in [5.41, 5.74) is 0. The molecule has 1 unspecified atom stereocenters. The summed E-state index contributed by atoms with van der Waals surface area (Å²) in [6.07, 6.45) is 10.5.